The maximum atomic E-state index is 12.6. The molecule has 2 rings (SSSR count). The molecule has 0 amide bonds. The molecule has 0 saturated heterocycles. The second-order valence-electron chi connectivity index (χ2n) is 8.27. The Bertz CT molecular complexity index is 767. The van der Waals surface area contributed by atoms with Gasteiger partial charge in [-0.2, -0.15) is 13.2 Å². The van der Waals surface area contributed by atoms with Gasteiger partial charge in [0.25, 0.3) is 0 Å². The molecule has 0 heterocycles. The number of benzene rings is 2. The largest absolute Gasteiger partial charge is 0.489 e. The molecule has 0 aliphatic heterocycles. The van der Waals surface area contributed by atoms with Gasteiger partial charge in [0.1, 0.15) is 12.4 Å². The molecular formula is C27H36F3NO. The van der Waals surface area contributed by atoms with E-state index in [1.807, 2.05) is 30.5 Å². The highest BCUT2D eigenvalue weighted by molar-refractivity contribution is 5.79. The first-order chi connectivity index (χ1) is 15.5. The van der Waals surface area contributed by atoms with Crippen LogP contribution in [0.5, 0.6) is 5.75 Å². The van der Waals surface area contributed by atoms with E-state index >= 15 is 0 Å². The van der Waals surface area contributed by atoms with Crippen LogP contribution in [-0.4, -0.2) is 12.8 Å². The third-order valence-corrected chi connectivity index (χ3v) is 5.45. The van der Waals surface area contributed by atoms with E-state index in [0.29, 0.717) is 11.3 Å². The second-order valence-corrected chi connectivity index (χ2v) is 8.27. The molecule has 176 valence electrons. The van der Waals surface area contributed by atoms with Crippen LogP contribution in [0.1, 0.15) is 87.8 Å². The SMILES string of the molecule is CCCCCCCCCCCCN=Cc1ccc(OCc2ccc(C(F)(F)F)cc2)cc1. The van der Waals surface area contributed by atoms with Crippen LogP contribution in [-0.2, 0) is 12.8 Å². The molecule has 0 spiro atoms. The van der Waals surface area contributed by atoms with Gasteiger partial charge < -0.3 is 4.74 Å². The fourth-order valence-electron chi connectivity index (χ4n) is 3.47. The van der Waals surface area contributed by atoms with Gasteiger partial charge in [0.15, 0.2) is 0 Å². The van der Waals surface area contributed by atoms with Crippen LogP contribution in [0.3, 0.4) is 0 Å². The van der Waals surface area contributed by atoms with E-state index in [0.717, 1.165) is 30.7 Å². The molecule has 2 aromatic rings. The first kappa shape index (κ1) is 26.0. The summed E-state index contributed by atoms with van der Waals surface area (Å²) in [7, 11) is 0. The molecule has 32 heavy (non-hydrogen) atoms. The number of hydrogen-bond acceptors (Lipinski definition) is 2. The highest BCUT2D eigenvalue weighted by atomic mass is 19.4. The lowest BCUT2D eigenvalue weighted by molar-refractivity contribution is -0.137. The summed E-state index contributed by atoms with van der Waals surface area (Å²) in [6.45, 7) is 3.33. The van der Waals surface area contributed by atoms with E-state index in [2.05, 4.69) is 11.9 Å². The zero-order valence-corrected chi connectivity index (χ0v) is 19.2. The maximum Gasteiger partial charge on any atom is 0.416 e. The van der Waals surface area contributed by atoms with Gasteiger partial charge in [0.05, 0.1) is 5.56 Å². The summed E-state index contributed by atoms with van der Waals surface area (Å²) in [5, 5.41) is 0. The summed E-state index contributed by atoms with van der Waals surface area (Å²) in [4.78, 5) is 4.50. The van der Waals surface area contributed by atoms with Crippen LogP contribution in [0.2, 0.25) is 0 Å². The molecule has 0 saturated carbocycles. The Balaban J connectivity index is 1.58. The zero-order valence-electron chi connectivity index (χ0n) is 19.2. The third-order valence-electron chi connectivity index (χ3n) is 5.45. The fourth-order valence-corrected chi connectivity index (χ4v) is 3.47. The van der Waals surface area contributed by atoms with Gasteiger partial charge in [0.2, 0.25) is 0 Å². The van der Waals surface area contributed by atoms with Gasteiger partial charge in [-0.05, 0) is 53.9 Å². The lowest BCUT2D eigenvalue weighted by atomic mass is 10.1. The molecule has 5 heteroatoms. The van der Waals surface area contributed by atoms with Crippen LogP contribution in [0.25, 0.3) is 0 Å². The Morgan fingerprint density at radius 3 is 1.88 bits per heavy atom. The average Bonchev–Trinajstić information content (AvgIpc) is 2.79. The van der Waals surface area contributed by atoms with E-state index in [-0.39, 0.29) is 6.61 Å². The molecule has 2 nitrogen and oxygen atoms in total. The summed E-state index contributed by atoms with van der Waals surface area (Å²) in [5.74, 6) is 0.678. The van der Waals surface area contributed by atoms with Crippen molar-refractivity contribution in [3.05, 3.63) is 65.2 Å². The number of unbranched alkanes of at least 4 members (excludes halogenated alkanes) is 9. The Kier molecular flexibility index (Phi) is 11.9. The Hall–Kier alpha value is -2.30. The predicted molar refractivity (Wildman–Crippen MR) is 127 cm³/mol. The average molecular weight is 448 g/mol. The van der Waals surface area contributed by atoms with Crippen molar-refractivity contribution in [2.45, 2.75) is 83.9 Å². The van der Waals surface area contributed by atoms with Crippen LogP contribution in [0.4, 0.5) is 13.2 Å². The lowest BCUT2D eigenvalue weighted by Crippen LogP contribution is -2.05. The summed E-state index contributed by atoms with van der Waals surface area (Å²) in [5.41, 5.74) is 1.06. The molecule has 2 aromatic carbocycles. The molecule has 0 atom stereocenters. The van der Waals surface area contributed by atoms with Crippen LogP contribution in [0, 0.1) is 0 Å². The van der Waals surface area contributed by atoms with Gasteiger partial charge in [-0.15, -0.1) is 0 Å². The highest BCUT2D eigenvalue weighted by Gasteiger charge is 2.29. The minimum Gasteiger partial charge on any atom is -0.489 e. The summed E-state index contributed by atoms with van der Waals surface area (Å²) >= 11 is 0. The van der Waals surface area contributed by atoms with Gasteiger partial charge in [-0.3, -0.25) is 4.99 Å². The Morgan fingerprint density at radius 2 is 1.31 bits per heavy atom. The first-order valence-electron chi connectivity index (χ1n) is 11.9. The molecule has 0 aromatic heterocycles. The molecule has 0 bridgehead atoms. The van der Waals surface area contributed by atoms with E-state index < -0.39 is 11.7 Å². The molecular weight excluding hydrogens is 411 g/mol. The molecule has 0 N–H and O–H groups in total. The molecule has 0 fully saturated rings. The van der Waals surface area contributed by atoms with Crippen molar-refractivity contribution in [3.63, 3.8) is 0 Å². The van der Waals surface area contributed by atoms with Crippen molar-refractivity contribution in [2.24, 2.45) is 4.99 Å². The third kappa shape index (κ3) is 10.8. The number of halogens is 3. The van der Waals surface area contributed by atoms with Crippen LogP contribution in [0.15, 0.2) is 53.5 Å². The number of aliphatic imine (C=N–C) groups is 1. The lowest BCUT2D eigenvalue weighted by Gasteiger charge is -2.09. The highest BCUT2D eigenvalue weighted by Crippen LogP contribution is 2.29. The van der Waals surface area contributed by atoms with E-state index in [1.54, 1.807) is 0 Å². The minimum atomic E-state index is -4.32. The van der Waals surface area contributed by atoms with E-state index in [1.165, 1.54) is 69.9 Å². The quantitative estimate of drug-likeness (QED) is 0.198. The van der Waals surface area contributed by atoms with Crippen LogP contribution >= 0.6 is 0 Å². The smallest absolute Gasteiger partial charge is 0.416 e. The topological polar surface area (TPSA) is 21.6 Å². The van der Waals surface area contributed by atoms with Crippen molar-refractivity contribution in [1.82, 2.24) is 0 Å². The fraction of sp³-hybridized carbons (Fsp3) is 0.519. The first-order valence-corrected chi connectivity index (χ1v) is 11.9. The number of alkyl halides is 3. The molecule has 0 aliphatic carbocycles. The maximum absolute atomic E-state index is 12.6. The van der Waals surface area contributed by atoms with E-state index in [4.69, 9.17) is 4.74 Å². The standard InChI is InChI=1S/C27H36F3NO/c1-2-3-4-5-6-7-8-9-10-11-20-31-21-23-14-18-26(19-15-23)32-22-24-12-16-25(17-13-24)27(28,29)30/h12-19,21H,2-11,20,22H2,1H3. The normalized spacial score (nSPS) is 11.9. The van der Waals surface area contributed by atoms with Crippen molar-refractivity contribution >= 4 is 6.21 Å². The predicted octanol–water partition coefficient (Wildman–Crippen LogP) is 8.62. The summed E-state index contributed by atoms with van der Waals surface area (Å²) in [6.07, 6.45) is 10.8. The Morgan fingerprint density at radius 1 is 0.750 bits per heavy atom. The van der Waals surface area contributed by atoms with Crippen LogP contribution < -0.4 is 4.74 Å². The van der Waals surface area contributed by atoms with Crippen molar-refractivity contribution in [1.29, 1.82) is 0 Å². The monoisotopic (exact) mass is 447 g/mol. The minimum absolute atomic E-state index is 0.227. The summed E-state index contributed by atoms with van der Waals surface area (Å²) in [6, 6.07) is 12.6. The van der Waals surface area contributed by atoms with Gasteiger partial charge in [0, 0.05) is 12.8 Å². The van der Waals surface area contributed by atoms with Crippen molar-refractivity contribution < 1.29 is 17.9 Å². The molecule has 0 aliphatic rings. The molecule has 0 unspecified atom stereocenters. The Labute approximate surface area is 190 Å². The van der Waals surface area contributed by atoms with Gasteiger partial charge in [-0.25, -0.2) is 0 Å². The van der Waals surface area contributed by atoms with Gasteiger partial charge >= 0.3 is 6.18 Å². The van der Waals surface area contributed by atoms with E-state index in [9.17, 15) is 13.2 Å². The number of nitrogens with zero attached hydrogens (tertiary/aromatic N) is 1. The second kappa shape index (κ2) is 14.7. The van der Waals surface area contributed by atoms with Crippen molar-refractivity contribution in [3.8, 4) is 5.75 Å². The zero-order chi connectivity index (χ0) is 23.1. The molecule has 0 radical (unpaired) electrons. The number of hydrogen-bond donors (Lipinski definition) is 0. The number of rotatable bonds is 15. The van der Waals surface area contributed by atoms with Gasteiger partial charge in [-0.1, -0.05) is 76.8 Å². The number of ether oxygens (including phenoxy) is 1. The van der Waals surface area contributed by atoms with Crippen molar-refractivity contribution in [2.75, 3.05) is 6.54 Å². The summed E-state index contributed by atoms with van der Waals surface area (Å²) < 4.78 is 43.5.